The molecule has 66 valence electrons. The van der Waals surface area contributed by atoms with E-state index >= 15 is 0 Å². The molecule has 0 N–H and O–H groups in total. The van der Waals surface area contributed by atoms with E-state index in [0.717, 1.165) is 5.52 Å². The summed E-state index contributed by atoms with van der Waals surface area (Å²) in [5.74, 6) is 0. The second-order valence-electron chi connectivity index (χ2n) is 2.76. The van der Waals surface area contributed by atoms with E-state index in [9.17, 15) is 4.79 Å². The van der Waals surface area contributed by atoms with Gasteiger partial charge in [0.2, 0.25) is 0 Å². The van der Waals surface area contributed by atoms with Crippen LogP contribution in [0.1, 0.15) is 0 Å². The summed E-state index contributed by atoms with van der Waals surface area (Å²) in [5.41, 5.74) is 0.769. The maximum absolute atomic E-state index is 11.7. The summed E-state index contributed by atoms with van der Waals surface area (Å²) in [6.45, 7) is 0. The molecular weight excluding hydrogens is 279 g/mol. The number of fused-ring (bicyclic) bond motifs is 1. The highest BCUT2D eigenvalue weighted by Gasteiger charge is 2.03. The molecule has 1 aromatic heterocycles. The molecular formula is C9H7IN2O. The van der Waals surface area contributed by atoms with Crippen molar-refractivity contribution < 1.29 is 0 Å². The van der Waals surface area contributed by atoms with E-state index in [1.165, 1.54) is 0 Å². The van der Waals surface area contributed by atoms with Crippen molar-refractivity contribution in [1.29, 1.82) is 0 Å². The van der Waals surface area contributed by atoms with Gasteiger partial charge in [0.1, 0.15) is 0 Å². The van der Waals surface area contributed by atoms with Crippen LogP contribution in [-0.2, 0) is 7.05 Å². The Morgan fingerprint density at radius 3 is 2.85 bits per heavy atom. The molecule has 0 saturated carbocycles. The van der Waals surface area contributed by atoms with Gasteiger partial charge in [0, 0.05) is 29.6 Å². The second kappa shape index (κ2) is 3.10. The third-order valence-electron chi connectivity index (χ3n) is 1.93. The van der Waals surface area contributed by atoms with Crippen molar-refractivity contribution in [2.45, 2.75) is 0 Å². The van der Waals surface area contributed by atoms with E-state index < -0.39 is 0 Å². The highest BCUT2D eigenvalue weighted by atomic mass is 127. The van der Waals surface area contributed by atoms with Gasteiger partial charge in [0.25, 0.3) is 5.56 Å². The molecule has 2 aromatic rings. The Hall–Kier alpha value is -0.910. The summed E-state index contributed by atoms with van der Waals surface area (Å²) in [4.78, 5) is 16.0. The topological polar surface area (TPSA) is 34.9 Å². The van der Waals surface area contributed by atoms with Crippen LogP contribution in [-0.4, -0.2) is 9.55 Å². The summed E-state index contributed by atoms with van der Waals surface area (Å²) in [6, 6.07) is 7.36. The maximum atomic E-state index is 11.7. The Kier molecular flexibility index (Phi) is 2.07. The van der Waals surface area contributed by atoms with Crippen LogP contribution in [0.5, 0.6) is 0 Å². The number of hydrogen-bond acceptors (Lipinski definition) is 2. The van der Waals surface area contributed by atoms with Gasteiger partial charge in [-0.05, 0) is 12.1 Å². The molecule has 0 aliphatic rings. The summed E-state index contributed by atoms with van der Waals surface area (Å²) >= 11 is 2.05. The molecule has 0 radical (unpaired) electrons. The minimum atomic E-state index is 0.00926. The number of halogens is 1. The van der Waals surface area contributed by atoms with Crippen molar-refractivity contribution in [2.75, 3.05) is 0 Å². The first kappa shape index (κ1) is 8.68. The summed E-state index contributed by atoms with van der Waals surface area (Å²) in [6.07, 6.45) is 0. The fourth-order valence-electron chi connectivity index (χ4n) is 1.19. The van der Waals surface area contributed by atoms with Crippen LogP contribution in [0.4, 0.5) is 0 Å². The Labute approximate surface area is 88.6 Å². The monoisotopic (exact) mass is 286 g/mol. The highest BCUT2D eigenvalue weighted by molar-refractivity contribution is 14.1. The summed E-state index contributed by atoms with van der Waals surface area (Å²) in [7, 11) is 1.73. The molecule has 1 heterocycles. The van der Waals surface area contributed by atoms with E-state index in [-0.39, 0.29) is 5.56 Å². The van der Waals surface area contributed by atoms with E-state index in [4.69, 9.17) is 0 Å². The zero-order chi connectivity index (χ0) is 9.42. The van der Waals surface area contributed by atoms with Crippen LogP contribution in [0.2, 0.25) is 0 Å². The van der Waals surface area contributed by atoms with Crippen molar-refractivity contribution in [3.8, 4) is 0 Å². The van der Waals surface area contributed by atoms with Gasteiger partial charge < -0.3 is 0 Å². The Morgan fingerprint density at radius 2 is 2.08 bits per heavy atom. The van der Waals surface area contributed by atoms with Crippen LogP contribution < -0.4 is 5.56 Å². The lowest BCUT2D eigenvalue weighted by molar-refractivity contribution is 0.808. The predicted molar refractivity (Wildman–Crippen MR) is 59.7 cm³/mol. The van der Waals surface area contributed by atoms with Crippen LogP contribution >= 0.6 is 22.6 Å². The Bertz CT molecular complexity index is 518. The molecule has 3 nitrogen and oxygen atoms in total. The minimum absolute atomic E-state index is 0.00926. The molecule has 0 bridgehead atoms. The summed E-state index contributed by atoms with van der Waals surface area (Å²) in [5, 5.41) is 0.672. The predicted octanol–water partition coefficient (Wildman–Crippen LogP) is 1.54. The minimum Gasteiger partial charge on any atom is -0.291 e. The van der Waals surface area contributed by atoms with Gasteiger partial charge >= 0.3 is 0 Å². The smallest absolute Gasteiger partial charge is 0.261 e. The average Bonchev–Trinajstić information content (AvgIpc) is 2.15. The molecule has 0 fully saturated rings. The van der Waals surface area contributed by atoms with Crippen molar-refractivity contribution in [1.82, 2.24) is 9.55 Å². The molecule has 2 rings (SSSR count). The number of aromatic nitrogens is 2. The third-order valence-corrected chi connectivity index (χ3v) is 2.89. The van der Waals surface area contributed by atoms with Gasteiger partial charge in [-0.15, -0.1) is 0 Å². The third kappa shape index (κ3) is 1.35. The molecule has 0 spiro atoms. The first-order chi connectivity index (χ1) is 6.20. The van der Waals surface area contributed by atoms with E-state index in [2.05, 4.69) is 4.98 Å². The van der Waals surface area contributed by atoms with Gasteiger partial charge in [0.05, 0.1) is 10.9 Å². The van der Waals surface area contributed by atoms with Crippen molar-refractivity contribution in [3.63, 3.8) is 0 Å². The van der Waals surface area contributed by atoms with Crippen molar-refractivity contribution >= 4 is 33.5 Å². The van der Waals surface area contributed by atoms with Crippen molar-refractivity contribution in [3.05, 3.63) is 38.5 Å². The molecule has 0 aliphatic carbocycles. The van der Waals surface area contributed by atoms with E-state index in [1.807, 2.05) is 40.8 Å². The van der Waals surface area contributed by atoms with Crippen LogP contribution in [0.3, 0.4) is 0 Å². The molecule has 0 aliphatic heterocycles. The lowest BCUT2D eigenvalue weighted by Gasteiger charge is -2.02. The Morgan fingerprint density at radius 1 is 1.38 bits per heavy atom. The zero-order valence-electron chi connectivity index (χ0n) is 6.99. The number of para-hydroxylation sites is 1. The lowest BCUT2D eigenvalue weighted by Crippen LogP contribution is -2.20. The number of rotatable bonds is 0. The van der Waals surface area contributed by atoms with Crippen molar-refractivity contribution in [2.24, 2.45) is 7.05 Å². The molecule has 4 heteroatoms. The standard InChI is InChI=1S/C9H7IN2O/c1-12-8(13)6-4-2-3-5-7(6)11-9(12)10/h2-5H,1H3. The second-order valence-corrected chi connectivity index (χ2v) is 3.73. The summed E-state index contributed by atoms with van der Waals surface area (Å²) < 4.78 is 2.25. The Balaban J connectivity index is 3.03. The zero-order valence-corrected chi connectivity index (χ0v) is 9.15. The van der Waals surface area contributed by atoms with E-state index in [1.54, 1.807) is 17.7 Å². The van der Waals surface area contributed by atoms with Gasteiger partial charge in [-0.2, -0.15) is 0 Å². The van der Waals surface area contributed by atoms with Crippen LogP contribution in [0, 0.1) is 3.83 Å². The highest BCUT2D eigenvalue weighted by Crippen LogP contribution is 2.07. The molecule has 0 amide bonds. The lowest BCUT2D eigenvalue weighted by atomic mass is 10.2. The van der Waals surface area contributed by atoms with Crippen LogP contribution in [0.25, 0.3) is 10.9 Å². The molecule has 1 aromatic carbocycles. The van der Waals surface area contributed by atoms with Gasteiger partial charge in [-0.3, -0.25) is 9.36 Å². The number of nitrogens with zero attached hydrogens (tertiary/aromatic N) is 2. The maximum Gasteiger partial charge on any atom is 0.261 e. The fraction of sp³-hybridized carbons (Fsp3) is 0.111. The molecule has 0 atom stereocenters. The SMILES string of the molecule is Cn1c(I)nc2ccccc2c1=O. The van der Waals surface area contributed by atoms with E-state index in [0.29, 0.717) is 9.22 Å². The quantitative estimate of drug-likeness (QED) is 0.544. The fourth-order valence-corrected chi connectivity index (χ4v) is 1.67. The van der Waals surface area contributed by atoms with Crippen LogP contribution in [0.15, 0.2) is 29.1 Å². The first-order valence-electron chi connectivity index (χ1n) is 3.81. The van der Waals surface area contributed by atoms with Gasteiger partial charge in [-0.1, -0.05) is 12.1 Å². The number of benzene rings is 1. The normalized spacial score (nSPS) is 10.6. The molecule has 0 saturated heterocycles. The largest absolute Gasteiger partial charge is 0.291 e. The molecule has 13 heavy (non-hydrogen) atoms. The molecule has 0 unspecified atom stereocenters. The van der Waals surface area contributed by atoms with Gasteiger partial charge in [-0.25, -0.2) is 4.98 Å². The number of hydrogen-bond donors (Lipinski definition) is 0. The average molecular weight is 286 g/mol. The first-order valence-corrected chi connectivity index (χ1v) is 4.89. The van der Waals surface area contributed by atoms with Gasteiger partial charge in [0.15, 0.2) is 3.83 Å².